The molecule has 0 aliphatic carbocycles. The van der Waals surface area contributed by atoms with Gasteiger partial charge in [0.1, 0.15) is 12.4 Å². The molecule has 2 aromatic carbocycles. The minimum absolute atomic E-state index is 0.0313. The second-order valence-electron chi connectivity index (χ2n) is 6.22. The van der Waals surface area contributed by atoms with E-state index in [2.05, 4.69) is 22.8 Å². The summed E-state index contributed by atoms with van der Waals surface area (Å²) in [5, 5.41) is 4.54. The van der Waals surface area contributed by atoms with Crippen LogP contribution >= 0.6 is 0 Å². The second-order valence-corrected chi connectivity index (χ2v) is 6.22. The van der Waals surface area contributed by atoms with Crippen molar-refractivity contribution in [3.63, 3.8) is 0 Å². The average molecular weight is 344 g/mol. The number of imide groups is 1. The van der Waals surface area contributed by atoms with Crippen LogP contribution in [0.2, 0.25) is 0 Å². The fourth-order valence-corrected chi connectivity index (χ4v) is 2.59. The largest absolute Gasteiger partial charge is 0.326 e. The van der Waals surface area contributed by atoms with Crippen LogP contribution in [0.25, 0.3) is 0 Å². The third-order valence-corrected chi connectivity index (χ3v) is 3.83. The molecule has 0 radical (unpaired) electrons. The fourth-order valence-electron chi connectivity index (χ4n) is 2.59. The molecule has 2 aromatic rings. The number of carbonyl (C=O) groups is 2. The zero-order valence-corrected chi connectivity index (χ0v) is 14.7. The van der Waals surface area contributed by atoms with Gasteiger partial charge >= 0.3 is 6.03 Å². The molecule has 25 heavy (non-hydrogen) atoms. The number of anilines is 1. The number of hydrogen-bond acceptors (Lipinski definition) is 2. The predicted octanol–water partition coefficient (Wildman–Crippen LogP) is 1.81. The van der Waals surface area contributed by atoms with E-state index in [9.17, 15) is 14.0 Å². The number of benzene rings is 2. The summed E-state index contributed by atoms with van der Waals surface area (Å²) < 4.78 is 13.5. The molecule has 0 bridgehead atoms. The Balaban J connectivity index is 1.84. The summed E-state index contributed by atoms with van der Waals surface area (Å²) in [5.74, 6) is -0.973. The zero-order chi connectivity index (χ0) is 18.4. The summed E-state index contributed by atoms with van der Waals surface area (Å²) in [6.07, 6.45) is 0. The monoisotopic (exact) mass is 344 g/mol. The summed E-state index contributed by atoms with van der Waals surface area (Å²) in [6.45, 7) is 4.89. The highest BCUT2D eigenvalue weighted by molar-refractivity contribution is 6.01. The van der Waals surface area contributed by atoms with E-state index in [-0.39, 0.29) is 12.2 Å². The number of aryl methyl sites for hydroxylation is 2. The van der Waals surface area contributed by atoms with Gasteiger partial charge in [-0.05, 0) is 31.5 Å². The van der Waals surface area contributed by atoms with Crippen LogP contribution in [0.4, 0.5) is 14.9 Å². The molecule has 0 spiro atoms. The maximum atomic E-state index is 13.5. The number of nitrogens with one attached hydrogen (secondary N) is 3. The van der Waals surface area contributed by atoms with Crippen molar-refractivity contribution in [2.45, 2.75) is 20.4 Å². The lowest BCUT2D eigenvalue weighted by molar-refractivity contribution is -0.885. The Kier molecular flexibility index (Phi) is 6.25. The highest BCUT2D eigenvalue weighted by Gasteiger charge is 2.15. The Morgan fingerprint density at radius 1 is 1.12 bits per heavy atom. The van der Waals surface area contributed by atoms with Crippen molar-refractivity contribution in [3.8, 4) is 0 Å². The van der Waals surface area contributed by atoms with Crippen molar-refractivity contribution in [2.75, 3.05) is 18.9 Å². The van der Waals surface area contributed by atoms with Gasteiger partial charge in [-0.2, -0.15) is 0 Å². The molecule has 1 atom stereocenters. The normalized spacial score (nSPS) is 11.7. The highest BCUT2D eigenvalue weighted by atomic mass is 19.1. The van der Waals surface area contributed by atoms with E-state index in [1.165, 1.54) is 29.3 Å². The first-order valence-corrected chi connectivity index (χ1v) is 8.08. The van der Waals surface area contributed by atoms with E-state index in [0.717, 1.165) is 10.5 Å². The molecular weight excluding hydrogens is 321 g/mol. The zero-order valence-electron chi connectivity index (χ0n) is 14.7. The number of amides is 3. The van der Waals surface area contributed by atoms with E-state index in [4.69, 9.17) is 0 Å². The van der Waals surface area contributed by atoms with Gasteiger partial charge in [-0.3, -0.25) is 10.1 Å². The molecule has 5 nitrogen and oxygen atoms in total. The van der Waals surface area contributed by atoms with Crippen molar-refractivity contribution in [2.24, 2.45) is 0 Å². The molecule has 6 heteroatoms. The summed E-state index contributed by atoms with van der Waals surface area (Å²) in [6, 6.07) is 11.2. The molecule has 1 unspecified atom stereocenters. The molecule has 0 heterocycles. The maximum Gasteiger partial charge on any atom is 0.326 e. The first kappa shape index (κ1) is 18.6. The lowest BCUT2D eigenvalue weighted by atomic mass is 10.1. The molecule has 3 amide bonds. The molecule has 132 valence electrons. The minimum atomic E-state index is -0.741. The SMILES string of the molecule is Cc1ccc(C[NH+](C)CC(=O)NC(=O)Nc2ccccc2F)c(C)c1. The Morgan fingerprint density at radius 2 is 1.84 bits per heavy atom. The summed E-state index contributed by atoms with van der Waals surface area (Å²) in [5.41, 5.74) is 3.56. The Bertz CT molecular complexity index is 777. The number of carbonyl (C=O) groups excluding carboxylic acids is 2. The number of quaternary nitrogens is 1. The van der Waals surface area contributed by atoms with Gasteiger partial charge in [0, 0.05) is 5.56 Å². The molecule has 0 aromatic heterocycles. The Labute approximate surface area is 146 Å². The molecule has 0 saturated heterocycles. The topological polar surface area (TPSA) is 62.6 Å². The van der Waals surface area contributed by atoms with E-state index in [1.54, 1.807) is 6.07 Å². The minimum Gasteiger partial charge on any atom is -0.326 e. The summed E-state index contributed by atoms with van der Waals surface area (Å²) >= 11 is 0. The van der Waals surface area contributed by atoms with Crippen molar-refractivity contribution < 1.29 is 18.9 Å². The van der Waals surface area contributed by atoms with Crippen molar-refractivity contribution in [3.05, 3.63) is 65.0 Å². The molecule has 3 N–H and O–H groups in total. The van der Waals surface area contributed by atoms with E-state index < -0.39 is 17.8 Å². The smallest absolute Gasteiger partial charge is 0.326 e. The van der Waals surface area contributed by atoms with Crippen LogP contribution in [0, 0.1) is 19.7 Å². The maximum absolute atomic E-state index is 13.5. The van der Waals surface area contributed by atoms with Gasteiger partial charge in [-0.25, -0.2) is 9.18 Å². The third-order valence-electron chi connectivity index (χ3n) is 3.83. The van der Waals surface area contributed by atoms with E-state index in [1.807, 2.05) is 27.0 Å². The molecule has 0 fully saturated rings. The van der Waals surface area contributed by atoms with Crippen LogP contribution < -0.4 is 15.5 Å². The Morgan fingerprint density at radius 3 is 2.52 bits per heavy atom. The van der Waals surface area contributed by atoms with Crippen molar-refractivity contribution >= 4 is 17.6 Å². The number of likely N-dealkylation sites (N-methyl/N-ethyl adjacent to an activating group) is 1. The van der Waals surface area contributed by atoms with Crippen LogP contribution in [0.5, 0.6) is 0 Å². The van der Waals surface area contributed by atoms with Crippen LogP contribution in [0.3, 0.4) is 0 Å². The van der Waals surface area contributed by atoms with Gasteiger partial charge < -0.3 is 10.2 Å². The van der Waals surface area contributed by atoms with Crippen LogP contribution in [-0.4, -0.2) is 25.5 Å². The van der Waals surface area contributed by atoms with E-state index >= 15 is 0 Å². The highest BCUT2D eigenvalue weighted by Crippen LogP contribution is 2.11. The number of urea groups is 1. The van der Waals surface area contributed by atoms with Gasteiger partial charge in [-0.15, -0.1) is 0 Å². The molecule has 0 aliphatic heterocycles. The van der Waals surface area contributed by atoms with Gasteiger partial charge in [0.05, 0.1) is 12.7 Å². The predicted molar refractivity (Wildman–Crippen MR) is 94.9 cm³/mol. The standard InChI is InChI=1S/C19H22FN3O2/c1-13-8-9-15(14(2)10-13)11-23(3)12-18(24)22-19(25)21-17-7-5-4-6-16(17)20/h4-10H,11-12H2,1-3H3,(H2,21,22,24,25)/p+1. The first-order chi connectivity index (χ1) is 11.8. The summed E-state index contributed by atoms with van der Waals surface area (Å²) in [4.78, 5) is 24.7. The number of hydrogen-bond donors (Lipinski definition) is 3. The van der Waals surface area contributed by atoms with Gasteiger partial charge in [0.2, 0.25) is 0 Å². The number of rotatable bonds is 5. The number of para-hydroxylation sites is 1. The molecular formula is C19H23FN3O2+. The van der Waals surface area contributed by atoms with Crippen LogP contribution in [0.15, 0.2) is 42.5 Å². The van der Waals surface area contributed by atoms with Gasteiger partial charge in [0.15, 0.2) is 6.54 Å². The lowest BCUT2D eigenvalue weighted by Gasteiger charge is -2.15. The fraction of sp³-hybridized carbons (Fsp3) is 0.263. The molecule has 2 rings (SSSR count). The van der Waals surface area contributed by atoms with Crippen LogP contribution in [0.1, 0.15) is 16.7 Å². The molecule has 0 aliphatic rings. The van der Waals surface area contributed by atoms with Gasteiger partial charge in [-0.1, -0.05) is 35.9 Å². The first-order valence-electron chi connectivity index (χ1n) is 8.08. The quantitative estimate of drug-likeness (QED) is 0.775. The van der Waals surface area contributed by atoms with Gasteiger partial charge in [0.25, 0.3) is 5.91 Å². The summed E-state index contributed by atoms with van der Waals surface area (Å²) in [7, 11) is 1.88. The lowest BCUT2D eigenvalue weighted by Crippen LogP contribution is -3.09. The molecule has 0 saturated carbocycles. The third kappa shape index (κ3) is 5.69. The van der Waals surface area contributed by atoms with Crippen molar-refractivity contribution in [1.29, 1.82) is 0 Å². The number of halogens is 1. The Hall–Kier alpha value is -2.73. The average Bonchev–Trinajstić information content (AvgIpc) is 2.52. The van der Waals surface area contributed by atoms with Crippen LogP contribution in [-0.2, 0) is 11.3 Å². The van der Waals surface area contributed by atoms with E-state index in [0.29, 0.717) is 6.54 Å². The van der Waals surface area contributed by atoms with Crippen molar-refractivity contribution in [1.82, 2.24) is 5.32 Å². The second kappa shape index (κ2) is 8.39.